The Morgan fingerprint density at radius 1 is 1.30 bits per heavy atom. The second-order valence-electron chi connectivity index (χ2n) is 6.81. The third-order valence-corrected chi connectivity index (χ3v) is 4.03. The second-order valence-corrected chi connectivity index (χ2v) is 6.81. The number of aliphatic hydroxyl groups is 1. The van der Waals surface area contributed by atoms with Gasteiger partial charge in [0.05, 0.1) is 12.1 Å². The number of aliphatic hydroxyl groups excluding tert-OH is 1. The van der Waals surface area contributed by atoms with E-state index in [4.69, 9.17) is 0 Å². The summed E-state index contributed by atoms with van der Waals surface area (Å²) >= 11 is 0. The fourth-order valence-corrected chi connectivity index (χ4v) is 3.16. The Labute approximate surface area is 120 Å². The molecule has 0 spiro atoms. The van der Waals surface area contributed by atoms with Crippen LogP contribution in [-0.2, 0) is 6.61 Å². The molecule has 0 amide bonds. The number of benzene rings is 1. The fraction of sp³-hybridized carbons (Fsp3) is 0.444. The molecule has 1 aromatic carbocycles. The number of fused-ring (bicyclic) bond motifs is 1. The first-order valence-corrected chi connectivity index (χ1v) is 7.37. The molecule has 0 bridgehead atoms. The van der Waals surface area contributed by atoms with Crippen LogP contribution in [0.25, 0.3) is 10.9 Å². The van der Waals surface area contributed by atoms with Crippen molar-refractivity contribution in [2.75, 3.05) is 0 Å². The number of hydrogen-bond donors (Lipinski definition) is 1. The van der Waals surface area contributed by atoms with Gasteiger partial charge in [0.1, 0.15) is 0 Å². The third kappa shape index (κ3) is 2.45. The van der Waals surface area contributed by atoms with Crippen LogP contribution < -0.4 is 0 Å². The minimum Gasteiger partial charge on any atom is -0.392 e. The third-order valence-electron chi connectivity index (χ3n) is 4.03. The molecule has 1 heterocycles. The van der Waals surface area contributed by atoms with Gasteiger partial charge in [-0.15, -0.1) is 0 Å². The highest BCUT2D eigenvalue weighted by atomic mass is 16.3. The van der Waals surface area contributed by atoms with Crippen LogP contribution >= 0.6 is 0 Å². The number of aromatic nitrogens is 1. The summed E-state index contributed by atoms with van der Waals surface area (Å²) in [5.41, 5.74) is 3.42. The van der Waals surface area contributed by atoms with Crippen LogP contribution in [0, 0.1) is 17.3 Å². The van der Waals surface area contributed by atoms with Gasteiger partial charge in [-0.2, -0.15) is 0 Å². The lowest BCUT2D eigenvalue weighted by atomic mass is 9.72. The van der Waals surface area contributed by atoms with Crippen molar-refractivity contribution < 1.29 is 5.11 Å². The van der Waals surface area contributed by atoms with Gasteiger partial charge in [-0.05, 0) is 47.4 Å². The Balaban J connectivity index is 2.22. The molecule has 105 valence electrons. The molecule has 1 radical (unpaired) electrons. The summed E-state index contributed by atoms with van der Waals surface area (Å²) in [5.74, 6) is 2.19. The van der Waals surface area contributed by atoms with Gasteiger partial charge in [0.15, 0.2) is 0 Å². The number of pyridine rings is 1. The zero-order valence-electron chi connectivity index (χ0n) is 12.5. The van der Waals surface area contributed by atoms with Crippen LogP contribution in [-0.4, -0.2) is 10.1 Å². The van der Waals surface area contributed by atoms with Crippen molar-refractivity contribution >= 4 is 10.9 Å². The molecule has 0 aliphatic heterocycles. The molecule has 1 aliphatic carbocycles. The maximum atomic E-state index is 9.53. The molecule has 1 aliphatic rings. The van der Waals surface area contributed by atoms with Crippen molar-refractivity contribution in [3.8, 4) is 0 Å². The van der Waals surface area contributed by atoms with Crippen LogP contribution in [0.3, 0.4) is 0 Å². The van der Waals surface area contributed by atoms with Crippen molar-refractivity contribution in [3.63, 3.8) is 0 Å². The lowest BCUT2D eigenvalue weighted by Gasteiger charge is -2.31. The van der Waals surface area contributed by atoms with Crippen LogP contribution in [0.5, 0.6) is 0 Å². The lowest BCUT2D eigenvalue weighted by molar-refractivity contribution is 0.282. The summed E-state index contributed by atoms with van der Waals surface area (Å²) in [7, 11) is 0. The van der Waals surface area contributed by atoms with E-state index in [0.29, 0.717) is 5.92 Å². The van der Waals surface area contributed by atoms with Gasteiger partial charge in [-0.25, -0.2) is 0 Å². The van der Waals surface area contributed by atoms with E-state index in [-0.39, 0.29) is 12.0 Å². The first-order valence-electron chi connectivity index (χ1n) is 7.37. The average molecular weight is 268 g/mol. The van der Waals surface area contributed by atoms with Gasteiger partial charge in [-0.1, -0.05) is 32.9 Å². The van der Waals surface area contributed by atoms with E-state index >= 15 is 0 Å². The predicted octanol–water partition coefficient (Wildman–Crippen LogP) is 4.11. The zero-order valence-corrected chi connectivity index (χ0v) is 12.5. The van der Waals surface area contributed by atoms with Crippen molar-refractivity contribution in [2.24, 2.45) is 11.3 Å². The molecule has 1 saturated carbocycles. The minimum absolute atomic E-state index is 0.0833. The van der Waals surface area contributed by atoms with E-state index in [9.17, 15) is 5.11 Å². The quantitative estimate of drug-likeness (QED) is 0.909. The normalized spacial score (nSPS) is 16.1. The number of rotatable bonds is 3. The molecule has 20 heavy (non-hydrogen) atoms. The van der Waals surface area contributed by atoms with E-state index in [1.54, 1.807) is 0 Å². The molecular weight excluding hydrogens is 246 g/mol. The molecule has 1 fully saturated rings. The Kier molecular flexibility index (Phi) is 3.29. The summed E-state index contributed by atoms with van der Waals surface area (Å²) in [6.07, 6.45) is 4.42. The van der Waals surface area contributed by atoms with E-state index in [1.807, 2.05) is 18.3 Å². The van der Waals surface area contributed by atoms with Crippen LogP contribution in [0.1, 0.15) is 44.7 Å². The lowest BCUT2D eigenvalue weighted by Crippen LogP contribution is -2.22. The molecule has 0 unspecified atom stereocenters. The minimum atomic E-state index is 0.0833. The highest BCUT2D eigenvalue weighted by molar-refractivity contribution is 5.85. The first kappa shape index (κ1) is 13.6. The van der Waals surface area contributed by atoms with E-state index in [2.05, 4.69) is 37.9 Å². The number of nitrogens with zero attached hydrogens (tertiary/aromatic N) is 1. The summed E-state index contributed by atoms with van der Waals surface area (Å²) in [6, 6.07) is 8.21. The first-order chi connectivity index (χ1) is 9.50. The topological polar surface area (TPSA) is 33.1 Å². The van der Waals surface area contributed by atoms with Gasteiger partial charge in [-0.3, -0.25) is 4.98 Å². The van der Waals surface area contributed by atoms with Crippen LogP contribution in [0.2, 0.25) is 0 Å². The van der Waals surface area contributed by atoms with E-state index in [1.165, 1.54) is 24.3 Å². The summed E-state index contributed by atoms with van der Waals surface area (Å²) in [4.78, 5) is 4.60. The largest absolute Gasteiger partial charge is 0.392 e. The maximum Gasteiger partial charge on any atom is 0.0740 e. The van der Waals surface area contributed by atoms with Gasteiger partial charge in [0.25, 0.3) is 0 Å². The van der Waals surface area contributed by atoms with Crippen LogP contribution in [0.4, 0.5) is 0 Å². The molecular formula is C18H22NO. The van der Waals surface area contributed by atoms with Crippen molar-refractivity contribution in [2.45, 2.75) is 40.2 Å². The second kappa shape index (κ2) is 4.85. The summed E-state index contributed by atoms with van der Waals surface area (Å²) in [6.45, 7) is 6.92. The molecule has 1 N–H and O–H groups in total. The Morgan fingerprint density at radius 3 is 2.65 bits per heavy atom. The standard InChI is InChI=1S/C18H22NO/c1-18(2,3)16(13-6-7-13)15-10-12(11-20)9-14-5-4-8-19-17(14)15/h4-5,8-10,13,20H,6-7,11H2,1-3H3. The molecule has 1 aromatic heterocycles. The smallest absolute Gasteiger partial charge is 0.0740 e. The van der Waals surface area contributed by atoms with Gasteiger partial charge in [0, 0.05) is 17.5 Å². The van der Waals surface area contributed by atoms with Crippen molar-refractivity contribution in [3.05, 3.63) is 47.5 Å². The van der Waals surface area contributed by atoms with E-state index < -0.39 is 0 Å². The zero-order chi connectivity index (χ0) is 14.3. The van der Waals surface area contributed by atoms with Gasteiger partial charge in [0.2, 0.25) is 0 Å². The highest BCUT2D eigenvalue weighted by Gasteiger charge is 2.41. The van der Waals surface area contributed by atoms with Crippen LogP contribution in [0.15, 0.2) is 30.5 Å². The predicted molar refractivity (Wildman–Crippen MR) is 82.2 cm³/mol. The molecule has 2 nitrogen and oxygen atoms in total. The van der Waals surface area contributed by atoms with Crippen molar-refractivity contribution in [1.29, 1.82) is 0 Å². The molecule has 2 heteroatoms. The molecule has 3 rings (SSSR count). The van der Waals surface area contributed by atoms with Gasteiger partial charge >= 0.3 is 0 Å². The summed E-state index contributed by atoms with van der Waals surface area (Å²) < 4.78 is 0. The Hall–Kier alpha value is -1.41. The maximum absolute atomic E-state index is 9.53. The van der Waals surface area contributed by atoms with E-state index in [0.717, 1.165) is 16.5 Å². The highest BCUT2D eigenvalue weighted by Crippen LogP contribution is 2.51. The fourth-order valence-electron chi connectivity index (χ4n) is 3.16. The monoisotopic (exact) mass is 268 g/mol. The Morgan fingerprint density at radius 2 is 2.05 bits per heavy atom. The van der Waals surface area contributed by atoms with Crippen molar-refractivity contribution in [1.82, 2.24) is 4.98 Å². The SMILES string of the molecule is CC(C)(C)[C](c1cc(CO)cc2cccnc12)C1CC1. The molecule has 0 saturated heterocycles. The molecule has 0 atom stereocenters. The Bertz CT molecular complexity index is 623. The average Bonchev–Trinajstić information content (AvgIpc) is 3.21. The molecule has 2 aromatic rings. The number of hydrogen-bond acceptors (Lipinski definition) is 2. The summed E-state index contributed by atoms with van der Waals surface area (Å²) in [5, 5.41) is 10.7. The van der Waals surface area contributed by atoms with Gasteiger partial charge < -0.3 is 5.11 Å².